The van der Waals surface area contributed by atoms with Crippen LogP contribution in [-0.2, 0) is 13.8 Å². The van der Waals surface area contributed by atoms with Gasteiger partial charge in [0, 0.05) is 29.7 Å². The van der Waals surface area contributed by atoms with Crippen LogP contribution in [0, 0.1) is 0 Å². The van der Waals surface area contributed by atoms with Crippen molar-refractivity contribution in [3.05, 3.63) is 0 Å². The minimum Gasteiger partial charge on any atom is -0.340 e. The van der Waals surface area contributed by atoms with E-state index in [-0.39, 0.29) is 24.1 Å². The van der Waals surface area contributed by atoms with Gasteiger partial charge in [-0.1, -0.05) is 0 Å². The lowest BCUT2D eigenvalue weighted by Gasteiger charge is -2.33. The molecule has 1 atom stereocenters. The highest BCUT2D eigenvalue weighted by atomic mass is 35.7. The summed E-state index contributed by atoms with van der Waals surface area (Å²) in [5, 5.41) is 0. The average molecular weight is 268 g/mol. The van der Waals surface area contributed by atoms with Crippen molar-refractivity contribution in [1.82, 2.24) is 4.90 Å². The second kappa shape index (κ2) is 5.87. The highest BCUT2D eigenvalue weighted by Gasteiger charge is 2.22. The summed E-state index contributed by atoms with van der Waals surface area (Å²) in [5.41, 5.74) is 0. The Kier molecular flexibility index (Phi) is 5.05. The summed E-state index contributed by atoms with van der Waals surface area (Å²) >= 11 is 0. The molecule has 0 aromatic heterocycles. The lowest BCUT2D eigenvalue weighted by atomic mass is 10.0. The maximum Gasteiger partial charge on any atom is 0.232 e. The predicted octanol–water partition coefficient (Wildman–Crippen LogP) is 1.74. The van der Waals surface area contributed by atoms with Crippen LogP contribution in [0.2, 0.25) is 0 Å². The molecule has 0 bridgehead atoms. The minimum atomic E-state index is -3.46. The summed E-state index contributed by atoms with van der Waals surface area (Å²) in [6.45, 7) is 2.84. The molecule has 1 amide bonds. The van der Waals surface area contributed by atoms with Crippen molar-refractivity contribution in [2.45, 2.75) is 45.1 Å². The lowest BCUT2D eigenvalue weighted by Crippen LogP contribution is -2.42. The summed E-state index contributed by atoms with van der Waals surface area (Å²) < 4.78 is 21.4. The van der Waals surface area contributed by atoms with Crippen molar-refractivity contribution >= 4 is 25.6 Å². The van der Waals surface area contributed by atoms with Crippen molar-refractivity contribution in [1.29, 1.82) is 0 Å². The monoisotopic (exact) mass is 267 g/mol. The highest BCUT2D eigenvalue weighted by Crippen LogP contribution is 2.17. The summed E-state index contributed by atoms with van der Waals surface area (Å²) in [5.74, 6) is -0.0739. The van der Waals surface area contributed by atoms with Crippen LogP contribution in [0.3, 0.4) is 0 Å². The van der Waals surface area contributed by atoms with Crippen LogP contribution in [0.4, 0.5) is 0 Å². The third kappa shape index (κ3) is 4.70. The number of halogens is 1. The first-order chi connectivity index (χ1) is 7.40. The Morgan fingerprint density at radius 3 is 2.69 bits per heavy atom. The molecule has 16 heavy (non-hydrogen) atoms. The van der Waals surface area contributed by atoms with Gasteiger partial charge in [-0.05, 0) is 32.6 Å². The molecule has 1 rings (SSSR count). The number of carbonyl (C=O) groups is 1. The van der Waals surface area contributed by atoms with Gasteiger partial charge >= 0.3 is 0 Å². The lowest BCUT2D eigenvalue weighted by molar-refractivity contribution is -0.134. The van der Waals surface area contributed by atoms with E-state index in [2.05, 4.69) is 0 Å². The third-order valence-corrected chi connectivity index (χ3v) is 4.14. The Morgan fingerprint density at radius 1 is 1.44 bits per heavy atom. The number of hydrogen-bond donors (Lipinski definition) is 0. The maximum atomic E-state index is 11.8. The third-order valence-electron chi connectivity index (χ3n) is 2.90. The fourth-order valence-electron chi connectivity index (χ4n) is 2.01. The highest BCUT2D eigenvalue weighted by molar-refractivity contribution is 8.13. The van der Waals surface area contributed by atoms with Gasteiger partial charge in [0.2, 0.25) is 15.0 Å². The van der Waals surface area contributed by atoms with E-state index >= 15 is 0 Å². The average Bonchev–Trinajstić information content (AvgIpc) is 2.16. The Hall–Kier alpha value is -0.290. The second-order valence-electron chi connectivity index (χ2n) is 4.28. The number of carbonyl (C=O) groups excluding carboxylic acids is 1. The standard InChI is InChI=1S/C10H18ClNO3S/c1-9-5-2-3-7-12(9)10(13)6-4-8-16(11,14)15/h9H,2-8H2,1H3. The minimum absolute atomic E-state index is 0.0486. The molecule has 0 saturated carbocycles. The summed E-state index contributed by atoms with van der Waals surface area (Å²) in [6, 6.07) is 0.286. The second-order valence-corrected chi connectivity index (χ2v) is 7.17. The summed E-state index contributed by atoms with van der Waals surface area (Å²) in [6.07, 6.45) is 3.84. The molecule has 0 radical (unpaired) electrons. The fourth-order valence-corrected chi connectivity index (χ4v) is 2.82. The van der Waals surface area contributed by atoms with Crippen LogP contribution in [-0.4, -0.2) is 37.6 Å². The van der Waals surface area contributed by atoms with Gasteiger partial charge in [-0.2, -0.15) is 0 Å². The summed E-state index contributed by atoms with van der Waals surface area (Å²) in [7, 11) is 1.62. The van der Waals surface area contributed by atoms with E-state index in [1.54, 1.807) is 0 Å². The molecule has 94 valence electrons. The molecule has 1 aliphatic heterocycles. The number of rotatable bonds is 4. The molecule has 0 N–H and O–H groups in total. The fraction of sp³-hybridized carbons (Fsp3) is 0.900. The Labute approximate surface area is 101 Å². The Bertz CT molecular complexity index is 342. The van der Waals surface area contributed by atoms with E-state index in [4.69, 9.17) is 10.7 Å². The van der Waals surface area contributed by atoms with E-state index in [9.17, 15) is 13.2 Å². The van der Waals surface area contributed by atoms with E-state index < -0.39 is 9.05 Å². The van der Waals surface area contributed by atoms with E-state index in [0.29, 0.717) is 6.42 Å². The molecule has 1 unspecified atom stereocenters. The van der Waals surface area contributed by atoms with Gasteiger partial charge < -0.3 is 4.90 Å². The Morgan fingerprint density at radius 2 is 2.12 bits per heavy atom. The zero-order valence-corrected chi connectivity index (χ0v) is 11.1. The van der Waals surface area contributed by atoms with Gasteiger partial charge in [-0.25, -0.2) is 8.42 Å². The molecule has 1 saturated heterocycles. The normalized spacial score (nSPS) is 22.1. The van der Waals surface area contributed by atoms with Gasteiger partial charge in [-0.15, -0.1) is 0 Å². The zero-order chi connectivity index (χ0) is 12.2. The molecule has 6 heteroatoms. The van der Waals surface area contributed by atoms with Crippen LogP contribution in [0.25, 0.3) is 0 Å². The van der Waals surface area contributed by atoms with Crippen molar-refractivity contribution < 1.29 is 13.2 Å². The van der Waals surface area contributed by atoms with Crippen LogP contribution >= 0.6 is 10.7 Å². The molecule has 1 aliphatic rings. The number of likely N-dealkylation sites (tertiary alicyclic amines) is 1. The van der Waals surface area contributed by atoms with Crippen LogP contribution < -0.4 is 0 Å². The van der Waals surface area contributed by atoms with Crippen molar-refractivity contribution in [2.75, 3.05) is 12.3 Å². The zero-order valence-electron chi connectivity index (χ0n) is 9.49. The smallest absolute Gasteiger partial charge is 0.232 e. The molecule has 1 fully saturated rings. The van der Waals surface area contributed by atoms with Gasteiger partial charge in [-0.3, -0.25) is 4.79 Å². The molecule has 4 nitrogen and oxygen atoms in total. The largest absolute Gasteiger partial charge is 0.340 e. The molecule has 0 aromatic carbocycles. The van der Waals surface area contributed by atoms with Crippen molar-refractivity contribution in [3.63, 3.8) is 0 Å². The van der Waals surface area contributed by atoms with Gasteiger partial charge in [0.15, 0.2) is 0 Å². The van der Waals surface area contributed by atoms with E-state index in [1.165, 1.54) is 6.42 Å². The number of amides is 1. The van der Waals surface area contributed by atoms with Gasteiger partial charge in [0.25, 0.3) is 0 Å². The van der Waals surface area contributed by atoms with Crippen molar-refractivity contribution in [2.24, 2.45) is 0 Å². The molecule has 0 aromatic rings. The van der Waals surface area contributed by atoms with Gasteiger partial charge in [0.1, 0.15) is 0 Å². The first-order valence-corrected chi connectivity index (χ1v) is 8.10. The maximum absolute atomic E-state index is 11.8. The summed E-state index contributed by atoms with van der Waals surface area (Å²) in [4.78, 5) is 13.6. The van der Waals surface area contributed by atoms with Gasteiger partial charge in [0.05, 0.1) is 5.75 Å². The van der Waals surface area contributed by atoms with E-state index in [0.717, 1.165) is 19.4 Å². The first kappa shape index (κ1) is 13.8. The number of nitrogens with zero attached hydrogens (tertiary/aromatic N) is 1. The van der Waals surface area contributed by atoms with Crippen LogP contribution in [0.1, 0.15) is 39.0 Å². The number of piperidine rings is 1. The Balaban J connectivity index is 2.34. The van der Waals surface area contributed by atoms with E-state index in [1.807, 2.05) is 11.8 Å². The molecule has 1 heterocycles. The van der Waals surface area contributed by atoms with Crippen LogP contribution in [0.5, 0.6) is 0 Å². The molecule has 0 aliphatic carbocycles. The van der Waals surface area contributed by atoms with Crippen LogP contribution in [0.15, 0.2) is 0 Å². The predicted molar refractivity (Wildman–Crippen MR) is 63.9 cm³/mol. The SMILES string of the molecule is CC1CCCCN1C(=O)CCCS(=O)(=O)Cl. The number of hydrogen-bond acceptors (Lipinski definition) is 3. The quantitative estimate of drug-likeness (QED) is 0.729. The topological polar surface area (TPSA) is 54.5 Å². The molecule has 0 spiro atoms. The first-order valence-electron chi connectivity index (χ1n) is 5.62. The molecular weight excluding hydrogens is 250 g/mol. The molecular formula is C10H18ClNO3S. The van der Waals surface area contributed by atoms with Crippen molar-refractivity contribution in [3.8, 4) is 0 Å².